The number of hydrogen-bond acceptors (Lipinski definition) is 7. The molecule has 27 heavy (non-hydrogen) atoms. The average Bonchev–Trinajstić information content (AvgIpc) is 3.42. The van der Waals surface area contributed by atoms with Crippen molar-refractivity contribution in [2.75, 3.05) is 13.2 Å². The van der Waals surface area contributed by atoms with Crippen LogP contribution in [0.15, 0.2) is 22.6 Å². The molecule has 1 fully saturated rings. The van der Waals surface area contributed by atoms with E-state index in [2.05, 4.69) is 15.3 Å². The molecule has 9 heteroatoms. The van der Waals surface area contributed by atoms with E-state index < -0.39 is 0 Å². The Labute approximate surface area is 155 Å². The molecule has 0 unspecified atom stereocenters. The molecule has 1 saturated heterocycles. The van der Waals surface area contributed by atoms with Crippen LogP contribution in [-0.4, -0.2) is 47.8 Å². The van der Waals surface area contributed by atoms with Gasteiger partial charge in [0.05, 0.1) is 12.2 Å². The zero-order valence-electron chi connectivity index (χ0n) is 15.4. The summed E-state index contributed by atoms with van der Waals surface area (Å²) < 4.78 is 14.7. The Hall–Kier alpha value is -3.07. The van der Waals surface area contributed by atoms with E-state index in [1.807, 2.05) is 39.0 Å². The number of hydrogen-bond donors (Lipinski definition) is 0. The molecule has 1 aliphatic rings. The van der Waals surface area contributed by atoms with Crippen molar-refractivity contribution in [2.24, 2.45) is 0 Å². The summed E-state index contributed by atoms with van der Waals surface area (Å²) >= 11 is 0. The Morgan fingerprint density at radius 1 is 1.11 bits per heavy atom. The molecule has 4 aromatic rings. The number of ether oxygens (including phenoxy) is 1. The summed E-state index contributed by atoms with van der Waals surface area (Å²) in [6, 6.07) is 5.73. The predicted molar refractivity (Wildman–Crippen MR) is 95.8 cm³/mol. The Bertz CT molecular complexity index is 1130. The van der Waals surface area contributed by atoms with Crippen LogP contribution in [0.3, 0.4) is 0 Å². The van der Waals surface area contributed by atoms with Gasteiger partial charge in [-0.15, -0.1) is 20.4 Å². The molecule has 9 nitrogen and oxygen atoms in total. The summed E-state index contributed by atoms with van der Waals surface area (Å²) in [5, 5.41) is 17.6. The van der Waals surface area contributed by atoms with Gasteiger partial charge >= 0.3 is 0 Å². The molecule has 0 aliphatic carbocycles. The zero-order valence-corrected chi connectivity index (χ0v) is 15.4. The van der Waals surface area contributed by atoms with Crippen molar-refractivity contribution in [3.63, 3.8) is 0 Å². The molecule has 0 spiro atoms. The van der Waals surface area contributed by atoms with Crippen LogP contribution >= 0.6 is 0 Å². The van der Waals surface area contributed by atoms with E-state index >= 15 is 0 Å². The van der Waals surface area contributed by atoms with Gasteiger partial charge in [0.15, 0.2) is 28.9 Å². The summed E-state index contributed by atoms with van der Waals surface area (Å²) in [7, 11) is 0. The van der Waals surface area contributed by atoms with Crippen molar-refractivity contribution in [1.29, 1.82) is 0 Å². The number of aromatic nitrogens is 7. The molecular formula is C18H19N7O2. The van der Waals surface area contributed by atoms with Gasteiger partial charge in [-0.3, -0.25) is 0 Å². The normalized spacial score (nSPS) is 17.2. The lowest BCUT2D eigenvalue weighted by atomic mass is 10.1. The fourth-order valence-electron chi connectivity index (χ4n) is 3.43. The minimum atomic E-state index is 0.193. The number of rotatable bonds is 3. The predicted octanol–water partition coefficient (Wildman–Crippen LogP) is 2.39. The molecule has 138 valence electrons. The summed E-state index contributed by atoms with van der Waals surface area (Å²) in [4.78, 5) is 4.83. The first kappa shape index (κ1) is 16.1. The minimum Gasteiger partial charge on any atom is -0.466 e. The monoisotopic (exact) mass is 365 g/mol. The lowest BCUT2D eigenvalue weighted by Gasteiger charge is -2.05. The van der Waals surface area contributed by atoms with Crippen LogP contribution in [-0.2, 0) is 4.74 Å². The Morgan fingerprint density at radius 3 is 2.74 bits per heavy atom. The molecule has 0 radical (unpaired) electrons. The van der Waals surface area contributed by atoms with Gasteiger partial charge in [0, 0.05) is 12.5 Å². The molecular weight excluding hydrogens is 346 g/mol. The van der Waals surface area contributed by atoms with Crippen LogP contribution in [0, 0.1) is 20.8 Å². The largest absolute Gasteiger partial charge is 0.466 e. The Balaban J connectivity index is 1.70. The van der Waals surface area contributed by atoms with E-state index in [0.29, 0.717) is 29.7 Å². The van der Waals surface area contributed by atoms with Gasteiger partial charge in [0.25, 0.3) is 0 Å². The highest BCUT2D eigenvalue weighted by molar-refractivity contribution is 5.60. The second kappa shape index (κ2) is 5.98. The van der Waals surface area contributed by atoms with Gasteiger partial charge in [0.2, 0.25) is 0 Å². The van der Waals surface area contributed by atoms with E-state index in [1.54, 1.807) is 9.20 Å². The standard InChI is InChI=1S/C18H19N7O2/c1-10-8-14(11(2)27-10)18-19-17(13-6-7-26-9-13)23-25(18)16-5-4-15-21-20-12(3)24(15)22-16/h4-5,8,13H,6-7,9H2,1-3H3/t13-/m0/s1. The second-order valence-corrected chi connectivity index (χ2v) is 6.80. The summed E-state index contributed by atoms with van der Waals surface area (Å²) in [6.45, 7) is 7.10. The molecule has 1 aliphatic heterocycles. The second-order valence-electron chi connectivity index (χ2n) is 6.80. The summed E-state index contributed by atoms with van der Waals surface area (Å²) in [5.74, 6) is 4.67. The van der Waals surface area contributed by atoms with Crippen molar-refractivity contribution in [2.45, 2.75) is 33.1 Å². The maximum absolute atomic E-state index is 5.72. The molecule has 0 saturated carbocycles. The van der Waals surface area contributed by atoms with Crippen LogP contribution in [0.2, 0.25) is 0 Å². The van der Waals surface area contributed by atoms with Gasteiger partial charge in [0.1, 0.15) is 11.5 Å². The summed E-state index contributed by atoms with van der Waals surface area (Å²) in [5.41, 5.74) is 1.60. The van der Waals surface area contributed by atoms with E-state index in [1.165, 1.54) is 0 Å². The van der Waals surface area contributed by atoms with Crippen molar-refractivity contribution in [3.8, 4) is 17.2 Å². The lowest BCUT2D eigenvalue weighted by Crippen LogP contribution is -2.07. The van der Waals surface area contributed by atoms with Gasteiger partial charge < -0.3 is 9.15 Å². The smallest absolute Gasteiger partial charge is 0.178 e. The molecule has 5 rings (SSSR count). The fraction of sp³-hybridized carbons (Fsp3) is 0.389. The maximum atomic E-state index is 5.72. The van der Waals surface area contributed by atoms with Gasteiger partial charge in [-0.1, -0.05) is 0 Å². The molecule has 5 heterocycles. The van der Waals surface area contributed by atoms with Crippen molar-refractivity contribution in [3.05, 3.63) is 41.4 Å². The maximum Gasteiger partial charge on any atom is 0.178 e. The van der Waals surface area contributed by atoms with Crippen LogP contribution in [0.25, 0.3) is 22.9 Å². The summed E-state index contributed by atoms with van der Waals surface area (Å²) in [6.07, 6.45) is 0.920. The van der Waals surface area contributed by atoms with E-state index in [-0.39, 0.29) is 5.92 Å². The molecule has 0 N–H and O–H groups in total. The first-order valence-corrected chi connectivity index (χ1v) is 8.91. The zero-order chi connectivity index (χ0) is 18.5. The topological polar surface area (TPSA) is 96.2 Å². The van der Waals surface area contributed by atoms with E-state index in [0.717, 1.165) is 35.9 Å². The van der Waals surface area contributed by atoms with Gasteiger partial charge in [-0.2, -0.15) is 9.20 Å². The molecule has 1 atom stereocenters. The average molecular weight is 365 g/mol. The minimum absolute atomic E-state index is 0.193. The number of nitrogens with zero attached hydrogens (tertiary/aromatic N) is 7. The van der Waals surface area contributed by atoms with Crippen LogP contribution < -0.4 is 0 Å². The molecule has 0 bridgehead atoms. The van der Waals surface area contributed by atoms with Crippen molar-refractivity contribution >= 4 is 5.65 Å². The highest BCUT2D eigenvalue weighted by Crippen LogP contribution is 2.30. The Morgan fingerprint density at radius 2 is 2.00 bits per heavy atom. The first-order chi connectivity index (χ1) is 13.1. The quantitative estimate of drug-likeness (QED) is 0.550. The number of aryl methyl sites for hydroxylation is 3. The van der Waals surface area contributed by atoms with Crippen molar-refractivity contribution < 1.29 is 9.15 Å². The molecule has 0 amide bonds. The number of furan rings is 1. The van der Waals surface area contributed by atoms with Crippen molar-refractivity contribution in [1.82, 2.24) is 34.6 Å². The first-order valence-electron chi connectivity index (χ1n) is 8.91. The van der Waals surface area contributed by atoms with Crippen LogP contribution in [0.4, 0.5) is 0 Å². The Kier molecular flexibility index (Phi) is 3.57. The van der Waals surface area contributed by atoms with E-state index in [4.69, 9.17) is 19.2 Å². The SMILES string of the molecule is Cc1cc(-c2nc([C@H]3CCOC3)nn2-c2ccc3nnc(C)n3n2)c(C)o1. The lowest BCUT2D eigenvalue weighted by molar-refractivity contribution is 0.193. The highest BCUT2D eigenvalue weighted by Gasteiger charge is 2.26. The van der Waals surface area contributed by atoms with Crippen LogP contribution in [0.5, 0.6) is 0 Å². The third-order valence-electron chi connectivity index (χ3n) is 4.82. The van der Waals surface area contributed by atoms with E-state index in [9.17, 15) is 0 Å². The van der Waals surface area contributed by atoms with Gasteiger partial charge in [-0.25, -0.2) is 4.98 Å². The third-order valence-corrected chi connectivity index (χ3v) is 4.82. The molecule has 4 aromatic heterocycles. The van der Waals surface area contributed by atoms with Crippen LogP contribution in [0.1, 0.15) is 35.5 Å². The van der Waals surface area contributed by atoms with Gasteiger partial charge in [-0.05, 0) is 45.4 Å². The fourth-order valence-corrected chi connectivity index (χ4v) is 3.43. The third kappa shape index (κ3) is 2.62. The number of fused-ring (bicyclic) bond motifs is 1. The highest BCUT2D eigenvalue weighted by atomic mass is 16.5. The molecule has 0 aromatic carbocycles.